The second kappa shape index (κ2) is 4.94. The summed E-state index contributed by atoms with van der Waals surface area (Å²) in [5.74, 6) is 1.80. The van der Waals surface area contributed by atoms with Crippen molar-refractivity contribution in [2.75, 3.05) is 11.1 Å². The first-order valence-electron chi connectivity index (χ1n) is 6.93. The average molecular weight is 302 g/mol. The number of benzene rings is 1. The zero-order valence-corrected chi connectivity index (χ0v) is 12.7. The lowest BCUT2D eigenvalue weighted by Gasteiger charge is -2.19. The van der Waals surface area contributed by atoms with E-state index in [1.54, 1.807) is 39.1 Å². The van der Waals surface area contributed by atoms with Crippen LogP contribution in [0.2, 0.25) is 0 Å². The highest BCUT2D eigenvalue weighted by atomic mass is 16.6. The van der Waals surface area contributed by atoms with Crippen LogP contribution in [-0.2, 0) is 11.3 Å². The maximum Gasteiger partial charge on any atom is 0.413 e. The van der Waals surface area contributed by atoms with Gasteiger partial charge < -0.3 is 15.2 Å². The number of hydrogen-bond acceptors (Lipinski definition) is 5. The highest BCUT2D eigenvalue weighted by Gasteiger charge is 2.22. The third-order valence-electron chi connectivity index (χ3n) is 3.01. The number of anilines is 2. The molecule has 3 N–H and O–H groups in total. The van der Waals surface area contributed by atoms with E-state index in [1.807, 2.05) is 10.6 Å². The standard InChI is InChI=1S/C15H18N4O3/c1-15(2,3)22-14(20)18-12-7-19-10-5-4-9(16)6-11(10)21-8-13(19)17-12/h4-7H,8,16H2,1-3H3,(H,18,20). The quantitative estimate of drug-likeness (QED) is 0.790. The molecule has 0 radical (unpaired) electrons. The van der Waals surface area contributed by atoms with E-state index >= 15 is 0 Å². The minimum atomic E-state index is -0.559. The molecule has 7 nitrogen and oxygen atoms in total. The number of aromatic nitrogens is 2. The van der Waals surface area contributed by atoms with Gasteiger partial charge in [-0.25, -0.2) is 9.78 Å². The summed E-state index contributed by atoms with van der Waals surface area (Å²) < 4.78 is 12.7. The summed E-state index contributed by atoms with van der Waals surface area (Å²) in [6, 6.07) is 5.41. The fourth-order valence-electron chi connectivity index (χ4n) is 2.19. The van der Waals surface area contributed by atoms with Crippen molar-refractivity contribution in [3.8, 4) is 11.4 Å². The van der Waals surface area contributed by atoms with Gasteiger partial charge in [0.1, 0.15) is 18.0 Å². The van der Waals surface area contributed by atoms with Gasteiger partial charge in [0.2, 0.25) is 0 Å². The largest absolute Gasteiger partial charge is 0.483 e. The molecular formula is C15H18N4O3. The Labute approximate surface area is 128 Å². The lowest BCUT2D eigenvalue weighted by atomic mass is 10.2. The number of amides is 1. The van der Waals surface area contributed by atoms with E-state index in [4.69, 9.17) is 15.2 Å². The number of nitrogens with zero attached hydrogens (tertiary/aromatic N) is 2. The molecule has 1 aliphatic rings. The fraction of sp³-hybridized carbons (Fsp3) is 0.333. The number of hydrogen-bond donors (Lipinski definition) is 2. The monoisotopic (exact) mass is 302 g/mol. The minimum absolute atomic E-state index is 0.312. The van der Waals surface area contributed by atoms with Crippen LogP contribution in [0.4, 0.5) is 16.3 Å². The van der Waals surface area contributed by atoms with Gasteiger partial charge >= 0.3 is 6.09 Å². The van der Waals surface area contributed by atoms with Gasteiger partial charge in [-0.15, -0.1) is 0 Å². The van der Waals surface area contributed by atoms with Gasteiger partial charge in [-0.05, 0) is 32.9 Å². The number of rotatable bonds is 1. The van der Waals surface area contributed by atoms with E-state index < -0.39 is 11.7 Å². The maximum absolute atomic E-state index is 11.8. The molecule has 0 saturated heterocycles. The lowest BCUT2D eigenvalue weighted by Crippen LogP contribution is -2.27. The van der Waals surface area contributed by atoms with Crippen molar-refractivity contribution in [2.45, 2.75) is 33.0 Å². The van der Waals surface area contributed by atoms with Gasteiger partial charge in [-0.1, -0.05) is 0 Å². The van der Waals surface area contributed by atoms with Crippen LogP contribution >= 0.6 is 0 Å². The van der Waals surface area contributed by atoms with Gasteiger partial charge in [-0.2, -0.15) is 0 Å². The Morgan fingerprint density at radius 3 is 2.95 bits per heavy atom. The third kappa shape index (κ3) is 2.83. The summed E-state index contributed by atoms with van der Waals surface area (Å²) in [6.07, 6.45) is 1.19. The molecule has 1 aromatic heterocycles. The summed E-state index contributed by atoms with van der Waals surface area (Å²) in [4.78, 5) is 16.1. The minimum Gasteiger partial charge on any atom is -0.483 e. The number of ether oxygens (including phenoxy) is 2. The fourth-order valence-corrected chi connectivity index (χ4v) is 2.19. The normalized spacial score (nSPS) is 12.9. The third-order valence-corrected chi connectivity index (χ3v) is 3.01. The molecule has 0 atom stereocenters. The molecule has 0 bridgehead atoms. The van der Waals surface area contributed by atoms with Crippen LogP contribution in [0, 0.1) is 0 Å². The first-order chi connectivity index (χ1) is 10.3. The molecule has 1 aliphatic heterocycles. The first-order valence-corrected chi connectivity index (χ1v) is 6.93. The Balaban J connectivity index is 1.84. The Bertz CT molecular complexity index is 731. The highest BCUT2D eigenvalue weighted by molar-refractivity contribution is 5.83. The van der Waals surface area contributed by atoms with Crippen LogP contribution in [0.5, 0.6) is 5.75 Å². The van der Waals surface area contributed by atoms with E-state index in [9.17, 15) is 4.79 Å². The first kappa shape index (κ1) is 14.2. The van der Waals surface area contributed by atoms with Crippen molar-refractivity contribution >= 4 is 17.6 Å². The zero-order chi connectivity index (χ0) is 15.9. The number of nitrogens with one attached hydrogen (secondary N) is 1. The smallest absolute Gasteiger partial charge is 0.413 e. The van der Waals surface area contributed by atoms with Crippen LogP contribution in [0.3, 0.4) is 0 Å². The molecule has 116 valence electrons. The van der Waals surface area contributed by atoms with Gasteiger partial charge in [0.15, 0.2) is 11.6 Å². The number of nitrogen functional groups attached to an aromatic ring is 1. The molecule has 0 saturated carbocycles. The summed E-state index contributed by atoms with van der Waals surface area (Å²) in [6.45, 7) is 5.73. The number of fused-ring (bicyclic) bond motifs is 3. The van der Waals surface area contributed by atoms with E-state index in [1.165, 1.54) is 0 Å². The van der Waals surface area contributed by atoms with Crippen LogP contribution in [0.1, 0.15) is 26.6 Å². The number of carbonyl (C=O) groups is 1. The summed E-state index contributed by atoms with van der Waals surface area (Å²) in [7, 11) is 0. The second-order valence-electron chi connectivity index (χ2n) is 6.06. The van der Waals surface area contributed by atoms with Crippen LogP contribution < -0.4 is 15.8 Å². The Morgan fingerprint density at radius 1 is 1.45 bits per heavy atom. The molecule has 22 heavy (non-hydrogen) atoms. The summed E-state index contributed by atoms with van der Waals surface area (Å²) >= 11 is 0. The van der Waals surface area contributed by atoms with Crippen LogP contribution in [0.25, 0.3) is 5.69 Å². The number of imidazole rings is 1. The van der Waals surface area contributed by atoms with Crippen molar-refractivity contribution in [1.82, 2.24) is 9.55 Å². The molecule has 1 amide bonds. The molecule has 0 unspecified atom stereocenters. The Hall–Kier alpha value is -2.70. The van der Waals surface area contributed by atoms with Crippen molar-refractivity contribution in [2.24, 2.45) is 0 Å². The SMILES string of the molecule is CC(C)(C)OC(=O)Nc1cn2c(n1)COc1cc(N)ccc1-2. The van der Waals surface area contributed by atoms with Crippen molar-refractivity contribution in [3.05, 3.63) is 30.2 Å². The molecule has 7 heteroatoms. The molecule has 3 rings (SSSR count). The van der Waals surface area contributed by atoms with E-state index in [0.717, 1.165) is 5.69 Å². The predicted molar refractivity (Wildman–Crippen MR) is 82.2 cm³/mol. The molecule has 0 aliphatic carbocycles. The van der Waals surface area contributed by atoms with Crippen molar-refractivity contribution in [3.63, 3.8) is 0 Å². The second-order valence-corrected chi connectivity index (χ2v) is 6.06. The van der Waals surface area contributed by atoms with Crippen LogP contribution in [0.15, 0.2) is 24.4 Å². The van der Waals surface area contributed by atoms with Gasteiger partial charge in [-0.3, -0.25) is 9.88 Å². The molecular weight excluding hydrogens is 284 g/mol. The molecule has 0 spiro atoms. The van der Waals surface area contributed by atoms with E-state index in [0.29, 0.717) is 29.7 Å². The molecule has 1 aromatic carbocycles. The maximum atomic E-state index is 11.8. The van der Waals surface area contributed by atoms with Crippen molar-refractivity contribution < 1.29 is 14.3 Å². The molecule has 2 aromatic rings. The Kier molecular flexibility index (Phi) is 3.20. The topological polar surface area (TPSA) is 91.4 Å². The van der Waals surface area contributed by atoms with Gasteiger partial charge in [0.05, 0.1) is 11.9 Å². The van der Waals surface area contributed by atoms with Gasteiger partial charge in [0.25, 0.3) is 0 Å². The van der Waals surface area contributed by atoms with E-state index in [-0.39, 0.29) is 0 Å². The molecule has 2 heterocycles. The predicted octanol–water partition coefficient (Wildman–Crippen LogP) is 2.69. The molecule has 0 fully saturated rings. The summed E-state index contributed by atoms with van der Waals surface area (Å²) in [5, 5.41) is 2.62. The van der Waals surface area contributed by atoms with Crippen molar-refractivity contribution in [1.29, 1.82) is 0 Å². The zero-order valence-electron chi connectivity index (χ0n) is 12.7. The van der Waals surface area contributed by atoms with Crippen LogP contribution in [-0.4, -0.2) is 21.2 Å². The number of nitrogens with two attached hydrogens (primary N) is 1. The lowest BCUT2D eigenvalue weighted by molar-refractivity contribution is 0.0635. The average Bonchev–Trinajstić information content (AvgIpc) is 2.78. The highest BCUT2D eigenvalue weighted by Crippen LogP contribution is 2.32. The Morgan fingerprint density at radius 2 is 2.23 bits per heavy atom. The summed E-state index contributed by atoms with van der Waals surface area (Å²) in [5.41, 5.74) is 6.66. The van der Waals surface area contributed by atoms with Gasteiger partial charge in [0, 0.05) is 11.8 Å². The number of carbonyl (C=O) groups excluding carboxylic acids is 1. The van der Waals surface area contributed by atoms with E-state index in [2.05, 4.69) is 10.3 Å².